The molecule has 2 aliphatic rings. The van der Waals surface area contributed by atoms with Gasteiger partial charge < -0.3 is 5.32 Å². The maximum absolute atomic E-state index is 3.95. The lowest BCUT2D eigenvalue weighted by molar-refractivity contribution is 0.443. The lowest BCUT2D eigenvalue weighted by Crippen LogP contribution is -2.39. The Bertz CT molecular complexity index is 3300. The zero-order valence-corrected chi connectivity index (χ0v) is 31.8. The number of hydrogen-bond acceptors (Lipinski definition) is 2. The van der Waals surface area contributed by atoms with Crippen molar-refractivity contribution >= 4 is 48.8 Å². The van der Waals surface area contributed by atoms with Crippen molar-refractivity contribution in [2.75, 3.05) is 0 Å². The molecular formula is C56H38N2. The highest BCUT2D eigenvalue weighted by Gasteiger charge is 2.27. The third-order valence-corrected chi connectivity index (χ3v) is 12.4. The van der Waals surface area contributed by atoms with Crippen LogP contribution in [-0.2, 0) is 0 Å². The van der Waals surface area contributed by atoms with Crippen molar-refractivity contribution < 1.29 is 0 Å². The first-order valence-electron chi connectivity index (χ1n) is 20.2. The van der Waals surface area contributed by atoms with Gasteiger partial charge in [0.15, 0.2) is 0 Å². The van der Waals surface area contributed by atoms with E-state index in [4.69, 9.17) is 0 Å². The summed E-state index contributed by atoms with van der Waals surface area (Å²) in [5.41, 5.74) is 14.9. The molecule has 10 aromatic carbocycles. The highest BCUT2D eigenvalue weighted by molar-refractivity contribution is 6.20. The minimum atomic E-state index is -0.0669. The lowest BCUT2D eigenvalue weighted by atomic mass is 9.88. The summed E-state index contributed by atoms with van der Waals surface area (Å²) in [7, 11) is 0. The largest absolute Gasteiger partial charge is 0.366 e. The molecule has 0 amide bonds. The van der Waals surface area contributed by atoms with Crippen LogP contribution in [0.4, 0.5) is 0 Å². The molecule has 1 aliphatic carbocycles. The van der Waals surface area contributed by atoms with Crippen LogP contribution in [0.2, 0.25) is 0 Å². The van der Waals surface area contributed by atoms with Gasteiger partial charge in [-0.05, 0) is 135 Å². The lowest BCUT2D eigenvalue weighted by Gasteiger charge is -2.33. The third kappa shape index (κ3) is 5.30. The number of rotatable bonds is 5. The molecule has 0 aromatic heterocycles. The minimum absolute atomic E-state index is 0.00243. The zero-order valence-electron chi connectivity index (χ0n) is 31.8. The molecule has 272 valence electrons. The highest BCUT2D eigenvalue weighted by Crippen LogP contribution is 2.48. The molecule has 1 aliphatic heterocycles. The Morgan fingerprint density at radius 2 is 1.00 bits per heavy atom. The molecule has 0 radical (unpaired) electrons. The summed E-state index contributed by atoms with van der Waals surface area (Å²) in [5.74, 6) is 0. The van der Waals surface area contributed by atoms with Crippen LogP contribution in [0.25, 0.3) is 93.3 Å². The normalized spacial score (nSPS) is 15.8. The summed E-state index contributed by atoms with van der Waals surface area (Å²) in [6, 6.07) is 73.7. The number of hydrogen-bond donors (Lipinski definition) is 2. The van der Waals surface area contributed by atoms with Crippen LogP contribution in [0, 0.1) is 0 Å². The van der Waals surface area contributed by atoms with Gasteiger partial charge >= 0.3 is 0 Å². The average molecular weight is 739 g/mol. The fourth-order valence-corrected chi connectivity index (χ4v) is 9.69. The maximum Gasteiger partial charge on any atom is 0.104 e. The molecule has 2 heteroatoms. The van der Waals surface area contributed by atoms with Gasteiger partial charge in [-0.3, -0.25) is 5.32 Å². The standard InChI is InChI=1S/C56H38N2/c1-2-13-37(14-3-1)56-57-52(34-53(58-56)42-27-28-46-47-24-10-16-36-17-11-25-48(54(36)47)51(46)33-42)41-20-8-18-38(30-41)39-19-9-21-43(31-39)55-45-23-7-5-15-40(45)32-50-44-22-6-4-12-35(44)26-29-49(50)55/h1-34,53,56-58H. The van der Waals surface area contributed by atoms with Crippen LogP contribution in [-0.4, -0.2) is 0 Å². The molecule has 2 unspecified atom stereocenters. The molecule has 58 heavy (non-hydrogen) atoms. The van der Waals surface area contributed by atoms with Crippen LogP contribution >= 0.6 is 0 Å². The van der Waals surface area contributed by atoms with Crippen LogP contribution in [0.1, 0.15) is 28.9 Å². The molecular weight excluding hydrogens is 701 g/mol. The number of fused-ring (bicyclic) bond motifs is 7. The Hall–Kier alpha value is -7.26. The summed E-state index contributed by atoms with van der Waals surface area (Å²) in [5, 5.41) is 18.1. The predicted molar refractivity (Wildman–Crippen MR) is 244 cm³/mol. The zero-order chi connectivity index (χ0) is 38.2. The van der Waals surface area contributed by atoms with Crippen LogP contribution in [0.3, 0.4) is 0 Å². The SMILES string of the molecule is C1=C(c2cccc(-c3cccc(-c4c5ccccc5cc5c4ccc4ccccc45)c3)c2)NC(c2ccccc2)NC1c1ccc2c(c1)-c1cccc3cccc-2c13. The molecule has 2 nitrogen and oxygen atoms in total. The van der Waals surface area contributed by atoms with Gasteiger partial charge in [0.1, 0.15) is 6.17 Å². The number of benzene rings is 10. The first-order valence-corrected chi connectivity index (χ1v) is 20.2. The van der Waals surface area contributed by atoms with E-state index < -0.39 is 0 Å². The van der Waals surface area contributed by atoms with Crippen LogP contribution in [0.5, 0.6) is 0 Å². The molecule has 0 saturated heterocycles. The van der Waals surface area contributed by atoms with Crippen LogP contribution in [0.15, 0.2) is 206 Å². The fourth-order valence-electron chi connectivity index (χ4n) is 9.69. The van der Waals surface area contributed by atoms with E-state index in [1.807, 2.05) is 0 Å². The van der Waals surface area contributed by atoms with Gasteiger partial charge in [0, 0.05) is 5.70 Å². The molecule has 0 saturated carbocycles. The first-order chi connectivity index (χ1) is 28.7. The molecule has 12 rings (SSSR count). The summed E-state index contributed by atoms with van der Waals surface area (Å²) in [6.45, 7) is 0. The summed E-state index contributed by atoms with van der Waals surface area (Å²) >= 11 is 0. The molecule has 2 N–H and O–H groups in total. The van der Waals surface area contributed by atoms with E-state index in [-0.39, 0.29) is 12.2 Å². The fraction of sp³-hybridized carbons (Fsp3) is 0.0357. The highest BCUT2D eigenvalue weighted by atomic mass is 15.2. The molecule has 0 bridgehead atoms. The predicted octanol–water partition coefficient (Wildman–Crippen LogP) is 14.3. The summed E-state index contributed by atoms with van der Waals surface area (Å²) in [4.78, 5) is 0. The van der Waals surface area contributed by atoms with Gasteiger partial charge in [0.25, 0.3) is 0 Å². The van der Waals surface area contributed by atoms with Crippen molar-refractivity contribution in [2.24, 2.45) is 0 Å². The van der Waals surface area contributed by atoms with Crippen molar-refractivity contribution in [1.82, 2.24) is 10.6 Å². The maximum atomic E-state index is 3.95. The second-order valence-electron chi connectivity index (χ2n) is 15.7. The Morgan fingerprint density at radius 1 is 0.345 bits per heavy atom. The van der Waals surface area contributed by atoms with Gasteiger partial charge in [-0.2, -0.15) is 0 Å². The van der Waals surface area contributed by atoms with Gasteiger partial charge in [-0.25, -0.2) is 0 Å². The van der Waals surface area contributed by atoms with E-state index in [9.17, 15) is 0 Å². The Labute approximate surface area is 337 Å². The quantitative estimate of drug-likeness (QED) is 0.136. The molecule has 10 aromatic rings. The van der Waals surface area contributed by atoms with Gasteiger partial charge in [0.2, 0.25) is 0 Å². The topological polar surface area (TPSA) is 24.1 Å². The van der Waals surface area contributed by atoms with Crippen LogP contribution < -0.4 is 10.6 Å². The monoisotopic (exact) mass is 738 g/mol. The van der Waals surface area contributed by atoms with Crippen molar-refractivity contribution in [3.05, 3.63) is 223 Å². The first kappa shape index (κ1) is 32.9. The van der Waals surface area contributed by atoms with Crippen molar-refractivity contribution in [1.29, 1.82) is 0 Å². The van der Waals surface area contributed by atoms with Gasteiger partial charge in [0.05, 0.1) is 6.04 Å². The average Bonchev–Trinajstić information content (AvgIpc) is 3.62. The molecule has 1 heterocycles. The Morgan fingerprint density at radius 3 is 1.83 bits per heavy atom. The smallest absolute Gasteiger partial charge is 0.104 e. The van der Waals surface area contributed by atoms with E-state index >= 15 is 0 Å². The third-order valence-electron chi connectivity index (χ3n) is 12.4. The van der Waals surface area contributed by atoms with E-state index in [2.05, 4.69) is 217 Å². The molecule has 2 atom stereocenters. The van der Waals surface area contributed by atoms with E-state index in [0.29, 0.717) is 0 Å². The number of nitrogens with one attached hydrogen (secondary N) is 2. The van der Waals surface area contributed by atoms with E-state index in [1.54, 1.807) is 0 Å². The van der Waals surface area contributed by atoms with Crippen molar-refractivity contribution in [2.45, 2.75) is 12.2 Å². The Balaban J connectivity index is 0.957. The van der Waals surface area contributed by atoms with Gasteiger partial charge in [-0.15, -0.1) is 0 Å². The van der Waals surface area contributed by atoms with Crippen molar-refractivity contribution in [3.63, 3.8) is 0 Å². The second kappa shape index (κ2) is 13.2. The van der Waals surface area contributed by atoms with Gasteiger partial charge in [-0.1, -0.05) is 176 Å². The second-order valence-corrected chi connectivity index (χ2v) is 15.7. The summed E-state index contributed by atoms with van der Waals surface area (Å²) in [6.07, 6.45) is 2.30. The molecule has 0 spiro atoms. The Kier molecular flexibility index (Phi) is 7.47. The van der Waals surface area contributed by atoms with Crippen molar-refractivity contribution in [3.8, 4) is 44.5 Å². The summed E-state index contributed by atoms with van der Waals surface area (Å²) < 4.78 is 0. The molecule has 0 fully saturated rings. The van der Waals surface area contributed by atoms with E-state index in [0.717, 1.165) is 11.3 Å². The van der Waals surface area contributed by atoms with E-state index in [1.165, 1.54) is 98.7 Å². The minimum Gasteiger partial charge on any atom is -0.366 e.